The molecule has 0 radical (unpaired) electrons. The molecule has 4 rings (SSSR count). The third-order valence-corrected chi connectivity index (χ3v) is 8.81. The number of carbonyl (C=O) groups is 2. The maximum atomic E-state index is 13.9. The van der Waals surface area contributed by atoms with Gasteiger partial charge >= 0.3 is 5.97 Å². The predicted molar refractivity (Wildman–Crippen MR) is 137 cm³/mol. The van der Waals surface area contributed by atoms with Crippen LogP contribution >= 0.6 is 0 Å². The molecule has 0 spiro atoms. The van der Waals surface area contributed by atoms with E-state index in [4.69, 9.17) is 5.73 Å². The molecule has 0 aliphatic carbocycles. The number of carbonyl (C=O) groups excluding carboxylic acids is 1. The number of rotatable bonds is 9. The Morgan fingerprint density at radius 2 is 1.86 bits per heavy atom. The summed E-state index contributed by atoms with van der Waals surface area (Å²) < 4.78 is 29.0. The van der Waals surface area contributed by atoms with Gasteiger partial charge in [-0.1, -0.05) is 35.9 Å². The Labute approximate surface area is 210 Å². The van der Waals surface area contributed by atoms with Crippen LogP contribution in [0, 0.1) is 6.92 Å². The van der Waals surface area contributed by atoms with E-state index in [1.807, 2.05) is 31.2 Å². The van der Waals surface area contributed by atoms with Gasteiger partial charge in [-0.15, -0.1) is 0 Å². The van der Waals surface area contributed by atoms with Gasteiger partial charge in [-0.25, -0.2) is 13.2 Å². The number of amides is 1. The van der Waals surface area contributed by atoms with E-state index in [0.717, 1.165) is 27.7 Å². The number of aromatic amines is 1. The number of aliphatic carboxylic acids is 1. The third kappa shape index (κ3) is 4.88. The number of aryl methyl sites for hydroxylation is 1. The van der Waals surface area contributed by atoms with E-state index < -0.39 is 40.0 Å². The minimum Gasteiger partial charge on any atom is -0.480 e. The predicted octanol–water partition coefficient (Wildman–Crippen LogP) is 2.85. The first-order valence-electron chi connectivity index (χ1n) is 12.1. The SMILES string of the molecule is Cc1ccc(S(=O)(=O)N2C(C(=O)NC(CCCCN)C(=O)O)Cc3c([nH]c4ccccc34)C2C)cc1. The Morgan fingerprint density at radius 1 is 1.17 bits per heavy atom. The number of unbranched alkanes of at least 4 members (excludes halogenated alkanes) is 1. The number of para-hydroxylation sites is 1. The van der Waals surface area contributed by atoms with Crippen LogP contribution in [-0.4, -0.2) is 53.3 Å². The topological polar surface area (TPSA) is 146 Å². The van der Waals surface area contributed by atoms with E-state index in [1.165, 1.54) is 16.4 Å². The van der Waals surface area contributed by atoms with Crippen molar-refractivity contribution in [2.24, 2.45) is 5.73 Å². The molecule has 2 heterocycles. The highest BCUT2D eigenvalue weighted by molar-refractivity contribution is 7.89. The van der Waals surface area contributed by atoms with Crippen LogP contribution < -0.4 is 11.1 Å². The van der Waals surface area contributed by atoms with Crippen LogP contribution in [0.1, 0.15) is 49.0 Å². The van der Waals surface area contributed by atoms with E-state index in [-0.39, 0.29) is 17.7 Å². The van der Waals surface area contributed by atoms with Crippen LogP contribution in [0.2, 0.25) is 0 Å². The maximum absolute atomic E-state index is 13.9. The van der Waals surface area contributed by atoms with Crippen molar-refractivity contribution in [2.75, 3.05) is 6.54 Å². The summed E-state index contributed by atoms with van der Waals surface area (Å²) in [6.07, 6.45) is 1.50. The van der Waals surface area contributed by atoms with Gasteiger partial charge < -0.3 is 21.1 Å². The monoisotopic (exact) mass is 512 g/mol. The fraction of sp³-hybridized carbons (Fsp3) is 0.385. The first kappa shape index (κ1) is 25.9. The number of nitrogens with two attached hydrogens (primary N) is 1. The number of carboxylic acids is 1. The van der Waals surface area contributed by atoms with Crippen LogP contribution in [0.15, 0.2) is 53.4 Å². The molecule has 1 aliphatic heterocycles. The molecule has 2 aromatic carbocycles. The largest absolute Gasteiger partial charge is 0.480 e. The first-order chi connectivity index (χ1) is 17.1. The molecule has 9 nitrogen and oxygen atoms in total. The number of aromatic nitrogens is 1. The zero-order chi connectivity index (χ0) is 26.0. The summed E-state index contributed by atoms with van der Waals surface area (Å²) in [7, 11) is -4.09. The van der Waals surface area contributed by atoms with Crippen LogP contribution in [0.3, 0.4) is 0 Å². The lowest BCUT2D eigenvalue weighted by molar-refractivity contribution is -0.142. The van der Waals surface area contributed by atoms with E-state index in [0.29, 0.717) is 19.4 Å². The number of hydrogen-bond acceptors (Lipinski definition) is 5. The molecule has 10 heteroatoms. The van der Waals surface area contributed by atoms with E-state index in [2.05, 4.69) is 10.3 Å². The Morgan fingerprint density at radius 3 is 2.53 bits per heavy atom. The average Bonchev–Trinajstić information content (AvgIpc) is 3.22. The van der Waals surface area contributed by atoms with Gasteiger partial charge in [0.1, 0.15) is 12.1 Å². The van der Waals surface area contributed by atoms with Crippen molar-refractivity contribution in [1.29, 1.82) is 0 Å². The summed E-state index contributed by atoms with van der Waals surface area (Å²) in [4.78, 5) is 28.9. The lowest BCUT2D eigenvalue weighted by Gasteiger charge is -2.39. The van der Waals surface area contributed by atoms with E-state index >= 15 is 0 Å². The second-order valence-electron chi connectivity index (χ2n) is 9.29. The molecule has 36 heavy (non-hydrogen) atoms. The molecule has 0 saturated heterocycles. The van der Waals surface area contributed by atoms with Gasteiger partial charge in [0.25, 0.3) is 0 Å². The van der Waals surface area contributed by atoms with E-state index in [9.17, 15) is 23.1 Å². The van der Waals surface area contributed by atoms with E-state index in [1.54, 1.807) is 19.1 Å². The van der Waals surface area contributed by atoms with Gasteiger partial charge in [-0.05, 0) is 63.4 Å². The lowest BCUT2D eigenvalue weighted by atomic mass is 9.93. The summed E-state index contributed by atoms with van der Waals surface area (Å²) >= 11 is 0. The Kier molecular flexibility index (Phi) is 7.49. The molecule has 3 unspecified atom stereocenters. The molecular weight excluding hydrogens is 480 g/mol. The van der Waals surface area contributed by atoms with Crippen LogP contribution in [0.25, 0.3) is 10.9 Å². The number of hydrogen-bond donors (Lipinski definition) is 4. The summed E-state index contributed by atoms with van der Waals surface area (Å²) in [5, 5.41) is 13.2. The zero-order valence-electron chi connectivity index (χ0n) is 20.4. The van der Waals surface area contributed by atoms with Crippen molar-refractivity contribution in [3.05, 3.63) is 65.4 Å². The maximum Gasteiger partial charge on any atom is 0.326 e. The fourth-order valence-electron chi connectivity index (χ4n) is 4.91. The fourth-order valence-corrected chi connectivity index (χ4v) is 6.66. The van der Waals surface area contributed by atoms with Crippen molar-refractivity contribution >= 4 is 32.8 Å². The molecular formula is C26H32N4O5S. The standard InChI is InChI=1S/C26H32N4O5S/c1-16-10-12-18(13-11-16)36(34,35)30-17(2)24-20(19-7-3-4-8-21(19)28-24)15-23(30)25(31)29-22(26(32)33)9-5-6-14-27/h3-4,7-8,10-13,17,22-23,28H,5-6,9,14-15,27H2,1-2H3,(H,29,31)(H,32,33). The Hall–Kier alpha value is -3.21. The van der Waals surface area contributed by atoms with Gasteiger partial charge in [0.15, 0.2) is 0 Å². The molecule has 0 saturated carbocycles. The van der Waals surface area contributed by atoms with Gasteiger partial charge in [0.05, 0.1) is 10.9 Å². The van der Waals surface area contributed by atoms with Crippen molar-refractivity contribution in [3.8, 4) is 0 Å². The lowest BCUT2D eigenvalue weighted by Crippen LogP contribution is -2.56. The number of carboxylic acid groups (broad SMARTS) is 1. The number of H-pyrrole nitrogens is 1. The Balaban J connectivity index is 1.76. The number of benzene rings is 2. The summed E-state index contributed by atoms with van der Waals surface area (Å²) in [5.74, 6) is -1.79. The summed E-state index contributed by atoms with van der Waals surface area (Å²) in [5.41, 5.74) is 8.89. The van der Waals surface area contributed by atoms with Crippen LogP contribution in [0.4, 0.5) is 0 Å². The molecule has 5 N–H and O–H groups in total. The second kappa shape index (κ2) is 10.4. The number of nitrogens with zero attached hydrogens (tertiary/aromatic N) is 1. The van der Waals surface area contributed by atoms with Crippen molar-refractivity contribution < 1.29 is 23.1 Å². The van der Waals surface area contributed by atoms with Gasteiger partial charge in [0.2, 0.25) is 15.9 Å². The summed E-state index contributed by atoms with van der Waals surface area (Å²) in [6, 6.07) is 11.2. The number of sulfonamides is 1. The molecule has 0 fully saturated rings. The van der Waals surface area contributed by atoms with Gasteiger partial charge in [-0.3, -0.25) is 4.79 Å². The minimum atomic E-state index is -4.09. The molecule has 1 aromatic heterocycles. The van der Waals surface area contributed by atoms with Crippen molar-refractivity contribution in [1.82, 2.24) is 14.6 Å². The Bertz CT molecular complexity index is 1370. The van der Waals surface area contributed by atoms with Crippen LogP contribution in [0.5, 0.6) is 0 Å². The third-order valence-electron chi connectivity index (χ3n) is 6.81. The van der Waals surface area contributed by atoms with Crippen molar-refractivity contribution in [3.63, 3.8) is 0 Å². The molecule has 3 aromatic rings. The number of nitrogens with one attached hydrogen (secondary N) is 2. The quantitative estimate of drug-likeness (QED) is 0.324. The first-order valence-corrected chi connectivity index (χ1v) is 13.5. The average molecular weight is 513 g/mol. The molecule has 0 bridgehead atoms. The van der Waals surface area contributed by atoms with Crippen molar-refractivity contribution in [2.45, 2.75) is 62.6 Å². The minimum absolute atomic E-state index is 0.0787. The number of fused-ring (bicyclic) bond motifs is 3. The second-order valence-corrected chi connectivity index (χ2v) is 11.1. The smallest absolute Gasteiger partial charge is 0.326 e. The normalized spacial score (nSPS) is 19.1. The zero-order valence-corrected chi connectivity index (χ0v) is 21.2. The van der Waals surface area contributed by atoms with Gasteiger partial charge in [0, 0.05) is 23.0 Å². The summed E-state index contributed by atoms with van der Waals surface area (Å²) in [6.45, 7) is 4.03. The van der Waals surface area contributed by atoms with Gasteiger partial charge in [-0.2, -0.15) is 4.31 Å². The molecule has 1 amide bonds. The highest BCUT2D eigenvalue weighted by atomic mass is 32.2. The molecule has 3 atom stereocenters. The molecule has 192 valence electrons. The van der Waals surface area contributed by atoms with Crippen LogP contribution in [-0.2, 0) is 26.0 Å². The molecule has 1 aliphatic rings. The highest BCUT2D eigenvalue weighted by Gasteiger charge is 2.45. The highest BCUT2D eigenvalue weighted by Crippen LogP contribution is 2.40.